The Morgan fingerprint density at radius 3 is 2.70 bits per heavy atom. The summed E-state index contributed by atoms with van der Waals surface area (Å²) in [5.41, 5.74) is 2.00. The zero-order chi connectivity index (χ0) is 19.3. The lowest BCUT2D eigenvalue weighted by Gasteiger charge is -2.37. The van der Waals surface area contributed by atoms with Crippen LogP contribution >= 0.6 is 11.6 Å². The van der Waals surface area contributed by atoms with Crippen molar-refractivity contribution in [2.45, 2.75) is 44.9 Å². The van der Waals surface area contributed by atoms with E-state index in [-0.39, 0.29) is 11.9 Å². The normalized spacial score (nSPS) is 17.8. The molecule has 1 aliphatic heterocycles. The molecule has 0 unspecified atom stereocenters. The standard InChI is InChI=1S/C21H23ClN2O3/c1-21(2,26)19(12-7-8-12)24-11-13-5-4-6-15(18(13)20(24)25)16-9-14(27-3)10-17(22)23-16/h4-6,9-10,12,19,26H,7-8,11H2,1-3H3/t19-/m1/s1. The van der Waals surface area contributed by atoms with E-state index in [4.69, 9.17) is 16.3 Å². The molecular formula is C21H23ClN2O3. The van der Waals surface area contributed by atoms with E-state index >= 15 is 0 Å². The molecule has 1 saturated carbocycles. The van der Waals surface area contributed by atoms with E-state index in [1.165, 1.54) is 0 Å². The summed E-state index contributed by atoms with van der Waals surface area (Å²) in [5.74, 6) is 0.897. The number of benzene rings is 1. The number of halogens is 1. The van der Waals surface area contributed by atoms with Crippen LogP contribution in [0.4, 0.5) is 0 Å². The monoisotopic (exact) mass is 386 g/mol. The number of rotatable bonds is 5. The van der Waals surface area contributed by atoms with Crippen LogP contribution in [0.15, 0.2) is 30.3 Å². The van der Waals surface area contributed by atoms with Gasteiger partial charge in [-0.1, -0.05) is 29.8 Å². The van der Waals surface area contributed by atoms with Crippen molar-refractivity contribution >= 4 is 17.5 Å². The van der Waals surface area contributed by atoms with Gasteiger partial charge in [-0.2, -0.15) is 0 Å². The van der Waals surface area contributed by atoms with E-state index in [1.807, 2.05) is 23.1 Å². The van der Waals surface area contributed by atoms with Gasteiger partial charge in [-0.05, 0) is 38.2 Å². The third-order valence-corrected chi connectivity index (χ3v) is 5.57. The lowest BCUT2D eigenvalue weighted by atomic mass is 9.93. The lowest BCUT2D eigenvalue weighted by molar-refractivity contribution is -0.0224. The number of aliphatic hydroxyl groups is 1. The van der Waals surface area contributed by atoms with Gasteiger partial charge in [0.15, 0.2) is 0 Å². The predicted octanol–water partition coefficient (Wildman–Crippen LogP) is 3.92. The second kappa shape index (κ2) is 6.50. The zero-order valence-corrected chi connectivity index (χ0v) is 16.5. The molecule has 2 heterocycles. The van der Waals surface area contributed by atoms with Gasteiger partial charge >= 0.3 is 0 Å². The number of carbonyl (C=O) groups excluding carboxylic acids is 1. The first-order valence-corrected chi connectivity index (χ1v) is 9.54. The van der Waals surface area contributed by atoms with Crippen molar-refractivity contribution in [1.29, 1.82) is 0 Å². The first-order valence-electron chi connectivity index (χ1n) is 9.17. The number of nitrogens with zero attached hydrogens (tertiary/aromatic N) is 2. The molecule has 27 heavy (non-hydrogen) atoms. The topological polar surface area (TPSA) is 62.7 Å². The molecule has 1 aromatic heterocycles. The average Bonchev–Trinajstić information content (AvgIpc) is 3.37. The van der Waals surface area contributed by atoms with Crippen LogP contribution < -0.4 is 4.74 Å². The van der Waals surface area contributed by atoms with Crippen molar-refractivity contribution in [2.75, 3.05) is 7.11 Å². The van der Waals surface area contributed by atoms with Gasteiger partial charge in [-0.3, -0.25) is 4.79 Å². The van der Waals surface area contributed by atoms with Crippen molar-refractivity contribution in [3.05, 3.63) is 46.6 Å². The summed E-state index contributed by atoms with van der Waals surface area (Å²) in [5, 5.41) is 11.0. The van der Waals surface area contributed by atoms with Crippen LogP contribution in [0.5, 0.6) is 5.75 Å². The predicted molar refractivity (Wildman–Crippen MR) is 104 cm³/mol. The number of ether oxygens (including phenoxy) is 1. The van der Waals surface area contributed by atoms with Crippen LogP contribution in [-0.4, -0.2) is 39.7 Å². The van der Waals surface area contributed by atoms with Crippen molar-refractivity contribution in [3.8, 4) is 17.0 Å². The molecule has 1 aliphatic carbocycles. The van der Waals surface area contributed by atoms with Gasteiger partial charge < -0.3 is 14.7 Å². The maximum atomic E-state index is 13.4. The smallest absolute Gasteiger partial charge is 0.255 e. The molecular weight excluding hydrogens is 364 g/mol. The Bertz CT molecular complexity index is 903. The summed E-state index contributed by atoms with van der Waals surface area (Å²) in [7, 11) is 1.57. The number of amides is 1. The van der Waals surface area contributed by atoms with Crippen molar-refractivity contribution in [2.24, 2.45) is 5.92 Å². The minimum atomic E-state index is -0.948. The largest absolute Gasteiger partial charge is 0.497 e. The molecule has 1 atom stereocenters. The molecule has 6 heteroatoms. The molecule has 1 fully saturated rings. The van der Waals surface area contributed by atoms with Crippen LogP contribution in [-0.2, 0) is 6.54 Å². The summed E-state index contributed by atoms with van der Waals surface area (Å²) in [6, 6.07) is 9.01. The van der Waals surface area contributed by atoms with Crippen LogP contribution in [0, 0.1) is 5.92 Å². The number of carbonyl (C=O) groups is 1. The maximum absolute atomic E-state index is 13.4. The third-order valence-electron chi connectivity index (χ3n) is 5.37. The molecule has 142 valence electrons. The molecule has 5 nitrogen and oxygen atoms in total. The maximum Gasteiger partial charge on any atom is 0.255 e. The second-order valence-corrected chi connectivity index (χ2v) is 8.31. The molecule has 1 amide bonds. The van der Waals surface area contributed by atoms with E-state index in [0.29, 0.717) is 34.6 Å². The van der Waals surface area contributed by atoms with Gasteiger partial charge in [0.25, 0.3) is 5.91 Å². The third kappa shape index (κ3) is 3.30. The Morgan fingerprint density at radius 2 is 2.07 bits per heavy atom. The highest BCUT2D eigenvalue weighted by Gasteiger charge is 2.48. The van der Waals surface area contributed by atoms with E-state index in [9.17, 15) is 9.90 Å². The van der Waals surface area contributed by atoms with E-state index < -0.39 is 5.60 Å². The van der Waals surface area contributed by atoms with Gasteiger partial charge in [-0.15, -0.1) is 0 Å². The number of methoxy groups -OCH3 is 1. The minimum Gasteiger partial charge on any atom is -0.497 e. The molecule has 4 rings (SSSR count). The summed E-state index contributed by atoms with van der Waals surface area (Å²) >= 11 is 6.14. The van der Waals surface area contributed by atoms with Gasteiger partial charge in [0, 0.05) is 24.2 Å². The molecule has 1 N–H and O–H groups in total. The summed E-state index contributed by atoms with van der Waals surface area (Å²) < 4.78 is 5.29. The summed E-state index contributed by atoms with van der Waals surface area (Å²) in [6.07, 6.45) is 2.10. The molecule has 2 aliphatic rings. The Morgan fingerprint density at radius 1 is 1.33 bits per heavy atom. The molecule has 2 aromatic rings. The van der Waals surface area contributed by atoms with Crippen LogP contribution in [0.2, 0.25) is 5.15 Å². The Hall–Kier alpha value is -2.11. The minimum absolute atomic E-state index is 0.0552. The molecule has 0 radical (unpaired) electrons. The highest BCUT2D eigenvalue weighted by atomic mass is 35.5. The van der Waals surface area contributed by atoms with Crippen molar-refractivity contribution in [3.63, 3.8) is 0 Å². The van der Waals surface area contributed by atoms with E-state index in [1.54, 1.807) is 33.1 Å². The van der Waals surface area contributed by atoms with Gasteiger partial charge in [0.2, 0.25) is 0 Å². The van der Waals surface area contributed by atoms with Crippen LogP contribution in [0.3, 0.4) is 0 Å². The lowest BCUT2D eigenvalue weighted by Crippen LogP contribution is -2.51. The van der Waals surface area contributed by atoms with Gasteiger partial charge in [-0.25, -0.2) is 4.98 Å². The average molecular weight is 387 g/mol. The Balaban J connectivity index is 1.77. The SMILES string of the molecule is COc1cc(Cl)nc(-c2cccc3c2C(=O)N([C@H](C2CC2)C(C)(C)O)C3)c1. The van der Waals surface area contributed by atoms with Crippen LogP contribution in [0.25, 0.3) is 11.3 Å². The molecule has 1 aromatic carbocycles. The highest BCUT2D eigenvalue weighted by molar-refractivity contribution is 6.29. The fourth-order valence-corrected chi connectivity index (χ4v) is 4.37. The fraction of sp³-hybridized carbons (Fsp3) is 0.429. The van der Waals surface area contributed by atoms with Crippen molar-refractivity contribution in [1.82, 2.24) is 9.88 Å². The number of fused-ring (bicyclic) bond motifs is 1. The summed E-state index contributed by atoms with van der Waals surface area (Å²) in [4.78, 5) is 19.6. The van der Waals surface area contributed by atoms with Crippen LogP contribution in [0.1, 0.15) is 42.6 Å². The first kappa shape index (κ1) is 18.3. The number of hydrogen-bond acceptors (Lipinski definition) is 4. The number of aromatic nitrogens is 1. The fourth-order valence-electron chi connectivity index (χ4n) is 4.18. The van der Waals surface area contributed by atoms with E-state index in [2.05, 4.69) is 4.98 Å². The Labute approximate surface area is 163 Å². The van der Waals surface area contributed by atoms with Gasteiger partial charge in [0.1, 0.15) is 10.9 Å². The first-order chi connectivity index (χ1) is 12.8. The van der Waals surface area contributed by atoms with Crippen molar-refractivity contribution < 1.29 is 14.6 Å². The zero-order valence-electron chi connectivity index (χ0n) is 15.7. The Kier molecular flexibility index (Phi) is 4.40. The number of hydrogen-bond donors (Lipinski definition) is 1. The summed E-state index contributed by atoms with van der Waals surface area (Å²) in [6.45, 7) is 4.08. The highest BCUT2D eigenvalue weighted by Crippen LogP contribution is 2.44. The van der Waals surface area contributed by atoms with Gasteiger partial charge in [0.05, 0.1) is 30.0 Å². The van der Waals surface area contributed by atoms with E-state index in [0.717, 1.165) is 24.0 Å². The molecule has 0 bridgehead atoms. The molecule has 0 saturated heterocycles. The second-order valence-electron chi connectivity index (χ2n) is 7.92. The molecule has 0 spiro atoms. The number of pyridine rings is 1. The quantitative estimate of drug-likeness (QED) is 0.791.